The molecule has 0 atom stereocenters. The van der Waals surface area contributed by atoms with Crippen molar-refractivity contribution in [1.82, 2.24) is 9.97 Å². The van der Waals surface area contributed by atoms with Gasteiger partial charge in [0.25, 0.3) is 0 Å². The summed E-state index contributed by atoms with van der Waals surface area (Å²) in [5.41, 5.74) is 3.37. The Bertz CT molecular complexity index is 453. The molecule has 4 heteroatoms. The summed E-state index contributed by atoms with van der Waals surface area (Å²) in [5, 5.41) is 0. The van der Waals surface area contributed by atoms with Gasteiger partial charge in [-0.1, -0.05) is 6.07 Å². The van der Waals surface area contributed by atoms with Crippen molar-refractivity contribution in [2.75, 3.05) is 12.5 Å². The highest BCUT2D eigenvalue weighted by Gasteiger charge is 2.08. The van der Waals surface area contributed by atoms with Crippen LogP contribution in [-0.4, -0.2) is 22.5 Å². The Hall–Kier alpha value is -1.00. The summed E-state index contributed by atoms with van der Waals surface area (Å²) in [7, 11) is 0. The van der Waals surface area contributed by atoms with Gasteiger partial charge in [-0.2, -0.15) is 0 Å². The fraction of sp³-hybridized carbons (Fsp3) is 0.231. The van der Waals surface area contributed by atoms with Gasteiger partial charge >= 0.3 is 0 Å². The van der Waals surface area contributed by atoms with Crippen LogP contribution in [0.4, 0.5) is 0 Å². The molecule has 17 heavy (non-hydrogen) atoms. The quantitative estimate of drug-likeness (QED) is 0.781. The molecule has 0 radical (unpaired) electrons. The Balaban J connectivity index is 2.24. The molecule has 0 N–H and O–H groups in total. The molecule has 0 saturated heterocycles. The molecule has 0 aliphatic heterocycles. The zero-order valence-electron chi connectivity index (χ0n) is 9.83. The third-order valence-electron chi connectivity index (χ3n) is 2.46. The zero-order chi connectivity index (χ0) is 12.1. The highest BCUT2D eigenvalue weighted by molar-refractivity contribution is 8.15. The van der Waals surface area contributed by atoms with Crippen LogP contribution in [0.25, 0.3) is 11.3 Å². The molecular formula is C13H14N2S2. The molecule has 0 unspecified atom stereocenters. The predicted molar refractivity (Wildman–Crippen MR) is 77.2 cm³/mol. The molecule has 0 saturated carbocycles. The van der Waals surface area contributed by atoms with Crippen LogP contribution in [0.15, 0.2) is 42.9 Å². The molecule has 2 aromatic rings. The predicted octanol–water partition coefficient (Wildman–Crippen LogP) is 3.87. The van der Waals surface area contributed by atoms with Gasteiger partial charge in [-0.05, 0) is 36.3 Å². The third kappa shape index (κ3) is 3.01. The van der Waals surface area contributed by atoms with E-state index in [4.69, 9.17) is 0 Å². The summed E-state index contributed by atoms with van der Waals surface area (Å²) in [4.78, 5) is 8.52. The molecule has 0 bridgehead atoms. The van der Waals surface area contributed by atoms with E-state index in [0.717, 1.165) is 11.3 Å². The molecule has 2 heterocycles. The SMILES string of the molecule is CSC(SC)c1ccc(-c2ccncc2)nc1. The van der Waals surface area contributed by atoms with Crippen LogP contribution in [0.3, 0.4) is 0 Å². The smallest absolute Gasteiger partial charge is 0.0760 e. The van der Waals surface area contributed by atoms with Gasteiger partial charge in [-0.25, -0.2) is 0 Å². The standard InChI is InChI=1S/C13H14N2S2/c1-16-13(17-2)11-3-4-12(15-9-11)10-5-7-14-8-6-10/h3-9,13H,1-2H3. The number of hydrogen-bond acceptors (Lipinski definition) is 4. The van der Waals surface area contributed by atoms with Crippen LogP contribution in [0.5, 0.6) is 0 Å². The largest absolute Gasteiger partial charge is 0.265 e. The van der Waals surface area contributed by atoms with Crippen LogP contribution < -0.4 is 0 Å². The minimum atomic E-state index is 0.467. The maximum Gasteiger partial charge on any atom is 0.0760 e. The van der Waals surface area contributed by atoms with Crippen molar-refractivity contribution >= 4 is 23.5 Å². The Kier molecular flexibility index (Phi) is 4.45. The second-order valence-electron chi connectivity index (χ2n) is 3.52. The molecule has 0 aliphatic rings. The Labute approximate surface area is 110 Å². The number of hydrogen-bond donors (Lipinski definition) is 0. The number of pyridine rings is 2. The van der Waals surface area contributed by atoms with Gasteiger partial charge in [0, 0.05) is 24.2 Å². The summed E-state index contributed by atoms with van der Waals surface area (Å²) in [6.45, 7) is 0. The molecule has 2 rings (SSSR count). The number of thioether (sulfide) groups is 2. The van der Waals surface area contributed by atoms with E-state index in [9.17, 15) is 0 Å². The summed E-state index contributed by atoms with van der Waals surface area (Å²) < 4.78 is 0.467. The van der Waals surface area contributed by atoms with Crippen LogP contribution in [0.1, 0.15) is 10.1 Å². The van der Waals surface area contributed by atoms with Crippen molar-refractivity contribution in [2.45, 2.75) is 4.58 Å². The summed E-state index contributed by atoms with van der Waals surface area (Å²) in [5.74, 6) is 0. The van der Waals surface area contributed by atoms with Crippen LogP contribution >= 0.6 is 23.5 Å². The average molecular weight is 262 g/mol. The Morgan fingerprint density at radius 3 is 2.24 bits per heavy atom. The highest BCUT2D eigenvalue weighted by Crippen LogP contribution is 2.35. The normalized spacial score (nSPS) is 10.8. The Morgan fingerprint density at radius 2 is 1.71 bits per heavy atom. The van der Waals surface area contributed by atoms with E-state index >= 15 is 0 Å². The first kappa shape index (κ1) is 12.5. The van der Waals surface area contributed by atoms with E-state index < -0.39 is 0 Å². The summed E-state index contributed by atoms with van der Waals surface area (Å²) in [6, 6.07) is 8.18. The molecule has 88 valence electrons. The van der Waals surface area contributed by atoms with Crippen molar-refractivity contribution in [3.05, 3.63) is 48.4 Å². The summed E-state index contributed by atoms with van der Waals surface area (Å²) in [6.07, 6.45) is 9.79. The van der Waals surface area contributed by atoms with Gasteiger partial charge in [0.05, 0.1) is 10.3 Å². The lowest BCUT2D eigenvalue weighted by Crippen LogP contribution is -1.90. The monoisotopic (exact) mass is 262 g/mol. The molecule has 0 spiro atoms. The zero-order valence-corrected chi connectivity index (χ0v) is 11.5. The van der Waals surface area contributed by atoms with Gasteiger partial charge < -0.3 is 0 Å². The van der Waals surface area contributed by atoms with E-state index in [1.165, 1.54) is 5.56 Å². The van der Waals surface area contributed by atoms with Gasteiger partial charge in [0.15, 0.2) is 0 Å². The maximum absolute atomic E-state index is 4.51. The first-order chi connectivity index (χ1) is 8.35. The van der Waals surface area contributed by atoms with Crippen LogP contribution in [0, 0.1) is 0 Å². The van der Waals surface area contributed by atoms with Crippen molar-refractivity contribution in [1.29, 1.82) is 0 Å². The van der Waals surface area contributed by atoms with Gasteiger partial charge in [-0.15, -0.1) is 23.5 Å². The lowest BCUT2D eigenvalue weighted by atomic mass is 10.1. The van der Waals surface area contributed by atoms with Gasteiger partial charge in [0.2, 0.25) is 0 Å². The lowest BCUT2D eigenvalue weighted by Gasteiger charge is -2.11. The van der Waals surface area contributed by atoms with Crippen molar-refractivity contribution in [2.24, 2.45) is 0 Å². The number of rotatable bonds is 4. The molecule has 0 amide bonds. The number of aromatic nitrogens is 2. The molecule has 2 nitrogen and oxygen atoms in total. The Morgan fingerprint density at radius 1 is 1.00 bits per heavy atom. The minimum Gasteiger partial charge on any atom is -0.265 e. The van der Waals surface area contributed by atoms with Crippen LogP contribution in [0.2, 0.25) is 0 Å². The fourth-order valence-corrected chi connectivity index (χ4v) is 3.20. The highest BCUT2D eigenvalue weighted by atomic mass is 32.2. The summed E-state index contributed by atoms with van der Waals surface area (Å²) >= 11 is 3.68. The first-order valence-corrected chi connectivity index (χ1v) is 7.84. The maximum atomic E-state index is 4.51. The average Bonchev–Trinajstić information content (AvgIpc) is 2.42. The van der Waals surface area contributed by atoms with Crippen molar-refractivity contribution < 1.29 is 0 Å². The minimum absolute atomic E-state index is 0.467. The molecule has 2 aromatic heterocycles. The van der Waals surface area contributed by atoms with Gasteiger partial charge in [0.1, 0.15) is 0 Å². The third-order valence-corrected chi connectivity index (χ3v) is 5.02. The van der Waals surface area contributed by atoms with Crippen LogP contribution in [-0.2, 0) is 0 Å². The number of nitrogens with zero attached hydrogens (tertiary/aromatic N) is 2. The molecule has 0 aromatic carbocycles. The fourth-order valence-electron chi connectivity index (χ4n) is 1.61. The van der Waals surface area contributed by atoms with Crippen molar-refractivity contribution in [3.8, 4) is 11.3 Å². The second kappa shape index (κ2) is 6.07. The van der Waals surface area contributed by atoms with E-state index in [1.807, 2.05) is 41.9 Å². The van der Waals surface area contributed by atoms with E-state index in [0.29, 0.717) is 4.58 Å². The van der Waals surface area contributed by atoms with Crippen molar-refractivity contribution in [3.63, 3.8) is 0 Å². The lowest BCUT2D eigenvalue weighted by molar-refractivity contribution is 1.23. The van der Waals surface area contributed by atoms with Gasteiger partial charge in [-0.3, -0.25) is 9.97 Å². The van der Waals surface area contributed by atoms with E-state index in [2.05, 4.69) is 34.6 Å². The second-order valence-corrected chi connectivity index (χ2v) is 5.70. The first-order valence-electron chi connectivity index (χ1n) is 5.27. The van der Waals surface area contributed by atoms with E-state index in [-0.39, 0.29) is 0 Å². The topological polar surface area (TPSA) is 25.8 Å². The molecular weight excluding hydrogens is 248 g/mol. The van der Waals surface area contributed by atoms with E-state index in [1.54, 1.807) is 12.4 Å². The molecule has 0 fully saturated rings. The molecule has 0 aliphatic carbocycles.